The number of carbonyl (C=O) groups excluding carboxylic acids is 1. The Morgan fingerprint density at radius 3 is 2.38 bits per heavy atom. The van der Waals surface area contributed by atoms with E-state index in [4.69, 9.17) is 4.42 Å². The van der Waals surface area contributed by atoms with Crippen LogP contribution in [0.5, 0.6) is 0 Å². The molecule has 0 aliphatic heterocycles. The van der Waals surface area contributed by atoms with Crippen LogP contribution in [-0.4, -0.2) is 28.1 Å². The molecule has 24 heavy (non-hydrogen) atoms. The number of hydrogen-bond donors (Lipinski definition) is 1. The van der Waals surface area contributed by atoms with Gasteiger partial charge in [-0.05, 0) is 12.1 Å². The molecule has 1 amide bonds. The van der Waals surface area contributed by atoms with Gasteiger partial charge in [-0.2, -0.15) is 11.8 Å². The number of nitro benzene ring substituents is 2. The number of benzene rings is 1. The summed E-state index contributed by atoms with van der Waals surface area (Å²) in [7, 11) is 0. The number of amides is 1. The molecule has 0 spiro atoms. The molecule has 0 saturated carbocycles. The van der Waals surface area contributed by atoms with Crippen molar-refractivity contribution in [1.82, 2.24) is 5.32 Å². The zero-order valence-corrected chi connectivity index (χ0v) is 13.2. The first-order valence-electron chi connectivity index (χ1n) is 6.79. The maximum absolute atomic E-state index is 12.0. The van der Waals surface area contributed by atoms with E-state index in [1.54, 1.807) is 12.3 Å². The van der Waals surface area contributed by atoms with Crippen molar-refractivity contribution in [2.45, 2.75) is 5.75 Å². The van der Waals surface area contributed by atoms with E-state index >= 15 is 0 Å². The van der Waals surface area contributed by atoms with E-state index < -0.39 is 27.1 Å². The summed E-state index contributed by atoms with van der Waals surface area (Å²) in [5.41, 5.74) is -1.12. The maximum Gasteiger partial charge on any atom is 0.277 e. The number of nitrogens with one attached hydrogen (secondary N) is 1. The van der Waals surface area contributed by atoms with Crippen LogP contribution in [-0.2, 0) is 5.75 Å². The third-order valence-electron chi connectivity index (χ3n) is 2.94. The molecule has 2 rings (SSSR count). The van der Waals surface area contributed by atoms with Gasteiger partial charge in [0.25, 0.3) is 17.3 Å². The van der Waals surface area contributed by atoms with Crippen LogP contribution in [0.1, 0.15) is 16.1 Å². The van der Waals surface area contributed by atoms with Crippen LogP contribution in [0.15, 0.2) is 41.0 Å². The first kappa shape index (κ1) is 17.5. The quantitative estimate of drug-likeness (QED) is 0.440. The molecule has 0 unspecified atom stereocenters. The zero-order chi connectivity index (χ0) is 17.5. The van der Waals surface area contributed by atoms with Gasteiger partial charge in [0.2, 0.25) is 0 Å². The fraction of sp³-hybridized carbons (Fsp3) is 0.214. The molecule has 2 aromatic rings. The van der Waals surface area contributed by atoms with Gasteiger partial charge in [0.1, 0.15) is 5.76 Å². The number of rotatable bonds is 8. The second-order valence-electron chi connectivity index (χ2n) is 4.64. The van der Waals surface area contributed by atoms with E-state index in [0.29, 0.717) is 18.1 Å². The molecule has 1 aromatic heterocycles. The van der Waals surface area contributed by atoms with Crippen LogP contribution in [0.25, 0.3) is 0 Å². The van der Waals surface area contributed by atoms with Crippen molar-refractivity contribution in [3.05, 3.63) is 68.1 Å². The third kappa shape index (κ3) is 4.81. The Morgan fingerprint density at radius 1 is 1.17 bits per heavy atom. The van der Waals surface area contributed by atoms with Crippen molar-refractivity contribution in [1.29, 1.82) is 0 Å². The molecule has 1 heterocycles. The average Bonchev–Trinajstić information content (AvgIpc) is 3.07. The van der Waals surface area contributed by atoms with Gasteiger partial charge in [-0.1, -0.05) is 0 Å². The summed E-state index contributed by atoms with van der Waals surface area (Å²) >= 11 is 1.54. The summed E-state index contributed by atoms with van der Waals surface area (Å²) in [6.07, 6.45) is 1.58. The SMILES string of the molecule is O=C(NCCSCc1ccco1)c1cc([N+](=O)[O-])cc([N+](=O)[O-])c1. The molecular formula is C14H13N3O6S. The number of furan rings is 1. The third-order valence-corrected chi connectivity index (χ3v) is 3.92. The summed E-state index contributed by atoms with van der Waals surface area (Å²) in [6.45, 7) is 0.320. The fourth-order valence-electron chi connectivity index (χ4n) is 1.84. The first-order chi connectivity index (χ1) is 11.5. The largest absolute Gasteiger partial charge is 0.468 e. The maximum atomic E-state index is 12.0. The number of thioether (sulfide) groups is 1. The Kier molecular flexibility index (Phi) is 5.90. The van der Waals surface area contributed by atoms with Gasteiger partial charge in [-0.15, -0.1) is 0 Å². The molecule has 9 nitrogen and oxygen atoms in total. The van der Waals surface area contributed by atoms with Crippen LogP contribution < -0.4 is 5.32 Å². The van der Waals surface area contributed by atoms with E-state index in [1.165, 1.54) is 11.8 Å². The minimum absolute atomic E-state index is 0.119. The predicted molar refractivity (Wildman–Crippen MR) is 87.0 cm³/mol. The Morgan fingerprint density at radius 2 is 1.83 bits per heavy atom. The molecule has 0 saturated heterocycles. The van der Waals surface area contributed by atoms with Crippen molar-refractivity contribution in [3.63, 3.8) is 0 Å². The molecule has 0 aliphatic carbocycles. The molecule has 0 aliphatic rings. The van der Waals surface area contributed by atoms with E-state index in [-0.39, 0.29) is 5.56 Å². The molecular weight excluding hydrogens is 338 g/mol. The molecule has 126 valence electrons. The van der Waals surface area contributed by atoms with Gasteiger partial charge in [-0.3, -0.25) is 25.0 Å². The number of carbonyl (C=O) groups is 1. The molecule has 0 atom stereocenters. The van der Waals surface area contributed by atoms with Gasteiger partial charge in [0, 0.05) is 24.4 Å². The lowest BCUT2D eigenvalue weighted by Gasteiger charge is -2.05. The van der Waals surface area contributed by atoms with Gasteiger partial charge >= 0.3 is 0 Å². The second kappa shape index (κ2) is 8.11. The Bertz CT molecular complexity index is 715. The number of nitro groups is 2. The standard InChI is InChI=1S/C14H13N3O6S/c18-14(15-3-5-24-9-13-2-1-4-23-13)10-6-11(16(19)20)8-12(7-10)17(21)22/h1-2,4,6-8H,3,5,9H2,(H,15,18). The minimum atomic E-state index is -0.775. The van der Waals surface area contributed by atoms with Crippen molar-refractivity contribution < 1.29 is 19.1 Å². The average molecular weight is 351 g/mol. The molecule has 0 bridgehead atoms. The van der Waals surface area contributed by atoms with Crippen LogP contribution >= 0.6 is 11.8 Å². The summed E-state index contributed by atoms with van der Waals surface area (Å²) in [5, 5.41) is 24.2. The van der Waals surface area contributed by atoms with E-state index in [9.17, 15) is 25.0 Å². The van der Waals surface area contributed by atoms with Crippen LogP contribution in [0.4, 0.5) is 11.4 Å². The molecule has 1 N–H and O–H groups in total. The Hall–Kier alpha value is -2.88. The summed E-state index contributed by atoms with van der Waals surface area (Å²) in [6, 6.07) is 6.47. The molecule has 1 aromatic carbocycles. The highest BCUT2D eigenvalue weighted by molar-refractivity contribution is 7.98. The van der Waals surface area contributed by atoms with Gasteiger partial charge in [-0.25, -0.2) is 0 Å². The van der Waals surface area contributed by atoms with Crippen molar-refractivity contribution in [2.75, 3.05) is 12.3 Å². The van der Waals surface area contributed by atoms with Gasteiger partial charge in [0.05, 0.1) is 33.5 Å². The summed E-state index contributed by atoms with van der Waals surface area (Å²) in [4.78, 5) is 32.1. The number of hydrogen-bond acceptors (Lipinski definition) is 7. The van der Waals surface area contributed by atoms with E-state index in [2.05, 4.69) is 5.32 Å². The summed E-state index contributed by atoms with van der Waals surface area (Å²) in [5.74, 6) is 1.48. The minimum Gasteiger partial charge on any atom is -0.468 e. The smallest absolute Gasteiger partial charge is 0.277 e. The monoisotopic (exact) mass is 351 g/mol. The molecule has 0 radical (unpaired) electrons. The normalized spacial score (nSPS) is 10.3. The van der Waals surface area contributed by atoms with E-state index in [1.807, 2.05) is 6.07 Å². The van der Waals surface area contributed by atoms with E-state index in [0.717, 1.165) is 24.0 Å². The van der Waals surface area contributed by atoms with Crippen LogP contribution in [0, 0.1) is 20.2 Å². The second-order valence-corrected chi connectivity index (χ2v) is 5.75. The van der Waals surface area contributed by atoms with Crippen molar-refractivity contribution in [2.24, 2.45) is 0 Å². The molecule has 0 fully saturated rings. The lowest BCUT2D eigenvalue weighted by Crippen LogP contribution is -2.25. The highest BCUT2D eigenvalue weighted by Crippen LogP contribution is 2.22. The zero-order valence-electron chi connectivity index (χ0n) is 12.3. The molecule has 10 heteroatoms. The summed E-state index contributed by atoms with van der Waals surface area (Å²) < 4.78 is 5.17. The van der Waals surface area contributed by atoms with Crippen LogP contribution in [0.2, 0.25) is 0 Å². The topological polar surface area (TPSA) is 129 Å². The van der Waals surface area contributed by atoms with Crippen molar-refractivity contribution >= 4 is 29.0 Å². The number of non-ortho nitro benzene ring substituents is 2. The predicted octanol–water partition coefficient (Wildman–Crippen LogP) is 2.76. The van der Waals surface area contributed by atoms with Gasteiger partial charge in [0.15, 0.2) is 0 Å². The highest BCUT2D eigenvalue weighted by Gasteiger charge is 2.19. The highest BCUT2D eigenvalue weighted by atomic mass is 32.2. The Balaban J connectivity index is 1.91. The van der Waals surface area contributed by atoms with Gasteiger partial charge < -0.3 is 9.73 Å². The lowest BCUT2D eigenvalue weighted by molar-refractivity contribution is -0.394. The number of nitrogens with zero attached hydrogens (tertiary/aromatic N) is 2. The van der Waals surface area contributed by atoms with Crippen LogP contribution in [0.3, 0.4) is 0 Å². The first-order valence-corrected chi connectivity index (χ1v) is 7.95. The lowest BCUT2D eigenvalue weighted by atomic mass is 10.1. The fourth-order valence-corrected chi connectivity index (χ4v) is 2.60. The Labute approximate surface area is 140 Å². The van der Waals surface area contributed by atoms with Crippen molar-refractivity contribution in [3.8, 4) is 0 Å².